The molecule has 0 spiro atoms. The van der Waals surface area contributed by atoms with E-state index < -0.39 is 0 Å². The van der Waals surface area contributed by atoms with Crippen molar-refractivity contribution < 1.29 is 0 Å². The van der Waals surface area contributed by atoms with Gasteiger partial charge < -0.3 is 5.32 Å². The SMILES string of the molecule is Cn1cc(CNc2cc(Cl)nc3ccnn23)cn1. The summed E-state index contributed by atoms with van der Waals surface area (Å²) in [5, 5.41) is 12.0. The predicted molar refractivity (Wildman–Crippen MR) is 68.5 cm³/mol. The van der Waals surface area contributed by atoms with Crippen LogP contribution in [0.3, 0.4) is 0 Å². The lowest BCUT2D eigenvalue weighted by Gasteiger charge is -2.07. The highest BCUT2D eigenvalue weighted by Crippen LogP contribution is 2.16. The van der Waals surface area contributed by atoms with Gasteiger partial charge in [0.1, 0.15) is 11.0 Å². The molecule has 0 aliphatic rings. The number of rotatable bonds is 3. The number of aromatic nitrogens is 5. The van der Waals surface area contributed by atoms with E-state index in [4.69, 9.17) is 11.6 Å². The summed E-state index contributed by atoms with van der Waals surface area (Å²) in [4.78, 5) is 4.16. The summed E-state index contributed by atoms with van der Waals surface area (Å²) in [6.07, 6.45) is 5.46. The topological polar surface area (TPSA) is 60.0 Å². The molecule has 7 heteroatoms. The Kier molecular flexibility index (Phi) is 2.64. The number of hydrogen-bond acceptors (Lipinski definition) is 4. The fraction of sp³-hybridized carbons (Fsp3) is 0.182. The molecule has 3 rings (SSSR count). The van der Waals surface area contributed by atoms with Crippen LogP contribution in [0.2, 0.25) is 5.15 Å². The van der Waals surface area contributed by atoms with E-state index in [1.54, 1.807) is 27.5 Å². The molecule has 92 valence electrons. The highest BCUT2D eigenvalue weighted by atomic mass is 35.5. The molecule has 0 saturated carbocycles. The van der Waals surface area contributed by atoms with Crippen molar-refractivity contribution in [2.24, 2.45) is 7.05 Å². The van der Waals surface area contributed by atoms with Gasteiger partial charge in [-0.25, -0.2) is 4.98 Å². The van der Waals surface area contributed by atoms with Gasteiger partial charge in [-0.1, -0.05) is 11.6 Å². The molecule has 0 atom stereocenters. The molecular weight excluding hydrogens is 252 g/mol. The Hall–Kier alpha value is -2.08. The maximum absolute atomic E-state index is 5.96. The normalized spacial score (nSPS) is 11.0. The van der Waals surface area contributed by atoms with Gasteiger partial charge in [-0.05, 0) is 0 Å². The highest BCUT2D eigenvalue weighted by Gasteiger charge is 2.05. The quantitative estimate of drug-likeness (QED) is 0.731. The Bertz CT molecular complexity index is 686. The van der Waals surface area contributed by atoms with Crippen LogP contribution in [0, 0.1) is 0 Å². The third-order valence-corrected chi connectivity index (χ3v) is 2.75. The van der Waals surface area contributed by atoms with Crippen LogP contribution in [0.4, 0.5) is 5.82 Å². The van der Waals surface area contributed by atoms with E-state index in [0.29, 0.717) is 11.7 Å². The molecular formula is C11H11ClN6. The molecule has 3 heterocycles. The molecule has 0 radical (unpaired) electrons. The molecule has 0 aliphatic heterocycles. The first-order chi connectivity index (χ1) is 8.72. The van der Waals surface area contributed by atoms with Gasteiger partial charge in [0.25, 0.3) is 0 Å². The number of aryl methyl sites for hydroxylation is 1. The van der Waals surface area contributed by atoms with E-state index in [-0.39, 0.29) is 0 Å². The van der Waals surface area contributed by atoms with E-state index in [1.165, 1.54) is 0 Å². The molecule has 0 fully saturated rings. The largest absolute Gasteiger partial charge is 0.366 e. The Balaban J connectivity index is 1.87. The van der Waals surface area contributed by atoms with E-state index in [9.17, 15) is 0 Å². The smallest absolute Gasteiger partial charge is 0.159 e. The maximum Gasteiger partial charge on any atom is 0.159 e. The molecule has 0 aliphatic carbocycles. The Labute approximate surface area is 108 Å². The Morgan fingerprint density at radius 1 is 1.39 bits per heavy atom. The Morgan fingerprint density at radius 3 is 3.06 bits per heavy atom. The third kappa shape index (κ3) is 2.02. The highest BCUT2D eigenvalue weighted by molar-refractivity contribution is 6.29. The summed E-state index contributed by atoms with van der Waals surface area (Å²) in [6, 6.07) is 3.55. The second-order valence-corrected chi connectivity index (χ2v) is 4.33. The summed E-state index contributed by atoms with van der Waals surface area (Å²) in [7, 11) is 1.89. The monoisotopic (exact) mass is 262 g/mol. The lowest BCUT2D eigenvalue weighted by atomic mass is 10.3. The van der Waals surface area contributed by atoms with Gasteiger partial charge in [-0.3, -0.25) is 4.68 Å². The van der Waals surface area contributed by atoms with Crippen LogP contribution < -0.4 is 5.32 Å². The van der Waals surface area contributed by atoms with E-state index in [1.807, 2.05) is 19.4 Å². The molecule has 0 amide bonds. The minimum absolute atomic E-state index is 0.441. The zero-order valence-electron chi connectivity index (χ0n) is 9.71. The molecule has 3 aromatic rings. The van der Waals surface area contributed by atoms with Crippen LogP contribution in [0.5, 0.6) is 0 Å². The number of nitrogens with zero attached hydrogens (tertiary/aromatic N) is 5. The molecule has 0 bridgehead atoms. The van der Waals surface area contributed by atoms with Crippen LogP contribution in [-0.2, 0) is 13.6 Å². The maximum atomic E-state index is 5.96. The van der Waals surface area contributed by atoms with Crippen molar-refractivity contribution in [2.75, 3.05) is 5.32 Å². The lowest BCUT2D eigenvalue weighted by Crippen LogP contribution is -2.05. The standard InChI is InChI=1S/C11H11ClN6/c1-17-7-8(6-15-17)5-13-11-4-9(12)16-10-2-3-14-18(10)11/h2-4,6-7,13H,5H2,1H3. The number of halogens is 1. The van der Waals surface area contributed by atoms with Gasteiger partial charge in [0.2, 0.25) is 0 Å². The zero-order valence-corrected chi connectivity index (χ0v) is 10.5. The summed E-state index contributed by atoms with van der Waals surface area (Å²) >= 11 is 5.96. The van der Waals surface area contributed by atoms with Gasteiger partial charge in [-0.2, -0.15) is 14.7 Å². The van der Waals surface area contributed by atoms with Gasteiger partial charge >= 0.3 is 0 Å². The van der Waals surface area contributed by atoms with Crippen molar-refractivity contribution >= 4 is 23.1 Å². The van der Waals surface area contributed by atoms with Gasteiger partial charge in [0, 0.05) is 37.5 Å². The van der Waals surface area contributed by atoms with Crippen LogP contribution in [0.15, 0.2) is 30.7 Å². The van der Waals surface area contributed by atoms with Crippen molar-refractivity contribution in [1.29, 1.82) is 0 Å². The fourth-order valence-corrected chi connectivity index (χ4v) is 1.95. The molecule has 18 heavy (non-hydrogen) atoms. The van der Waals surface area contributed by atoms with E-state index in [0.717, 1.165) is 17.0 Å². The van der Waals surface area contributed by atoms with Crippen molar-refractivity contribution in [3.05, 3.63) is 41.4 Å². The van der Waals surface area contributed by atoms with E-state index in [2.05, 4.69) is 20.5 Å². The van der Waals surface area contributed by atoms with E-state index >= 15 is 0 Å². The van der Waals surface area contributed by atoms with Crippen LogP contribution in [0.25, 0.3) is 5.65 Å². The molecule has 0 aromatic carbocycles. The first kappa shape index (κ1) is 11.0. The first-order valence-electron chi connectivity index (χ1n) is 5.44. The van der Waals surface area contributed by atoms with Crippen LogP contribution in [0.1, 0.15) is 5.56 Å². The number of nitrogens with one attached hydrogen (secondary N) is 1. The number of hydrogen-bond donors (Lipinski definition) is 1. The summed E-state index contributed by atoms with van der Waals surface area (Å²) < 4.78 is 3.47. The third-order valence-electron chi connectivity index (χ3n) is 2.56. The number of fused-ring (bicyclic) bond motifs is 1. The fourth-order valence-electron chi connectivity index (χ4n) is 1.76. The van der Waals surface area contributed by atoms with Crippen LogP contribution >= 0.6 is 11.6 Å². The molecule has 6 nitrogen and oxygen atoms in total. The minimum atomic E-state index is 0.441. The minimum Gasteiger partial charge on any atom is -0.366 e. The zero-order chi connectivity index (χ0) is 12.5. The average molecular weight is 263 g/mol. The number of anilines is 1. The first-order valence-corrected chi connectivity index (χ1v) is 5.82. The summed E-state index contributed by atoms with van der Waals surface area (Å²) in [6.45, 7) is 0.656. The van der Waals surface area contributed by atoms with Crippen molar-refractivity contribution in [2.45, 2.75) is 6.54 Å². The molecule has 0 unspecified atom stereocenters. The van der Waals surface area contributed by atoms with Crippen molar-refractivity contribution in [3.8, 4) is 0 Å². The lowest BCUT2D eigenvalue weighted by molar-refractivity contribution is 0.767. The summed E-state index contributed by atoms with van der Waals surface area (Å²) in [5.41, 5.74) is 1.81. The predicted octanol–water partition coefficient (Wildman–Crippen LogP) is 1.73. The van der Waals surface area contributed by atoms with Crippen molar-refractivity contribution in [3.63, 3.8) is 0 Å². The van der Waals surface area contributed by atoms with Crippen LogP contribution in [-0.4, -0.2) is 24.4 Å². The van der Waals surface area contributed by atoms with Gasteiger partial charge in [0.15, 0.2) is 5.65 Å². The van der Waals surface area contributed by atoms with Crippen molar-refractivity contribution in [1.82, 2.24) is 24.4 Å². The summed E-state index contributed by atoms with van der Waals surface area (Å²) in [5.74, 6) is 0.804. The average Bonchev–Trinajstić information content (AvgIpc) is 2.94. The van der Waals surface area contributed by atoms with Gasteiger partial charge in [0.05, 0.1) is 12.4 Å². The second-order valence-electron chi connectivity index (χ2n) is 3.94. The molecule has 1 N–H and O–H groups in total. The molecule has 3 aromatic heterocycles. The Morgan fingerprint density at radius 2 is 2.28 bits per heavy atom. The van der Waals surface area contributed by atoms with Gasteiger partial charge in [-0.15, -0.1) is 0 Å². The second kappa shape index (κ2) is 4.30. The molecule has 0 saturated heterocycles.